The zero-order chi connectivity index (χ0) is 19.4. The molecule has 5 aliphatic rings. The molecule has 0 radical (unpaired) electrons. The summed E-state index contributed by atoms with van der Waals surface area (Å²) in [4.78, 5) is 34.5. The number of hydrogen-bond acceptors (Lipinski definition) is 7. The molecule has 0 unspecified atom stereocenters. The fourth-order valence-corrected chi connectivity index (χ4v) is 5.40. The monoisotopic (exact) mass is 384 g/mol. The minimum absolute atomic E-state index is 0.0670. The lowest BCUT2D eigenvalue weighted by atomic mass is 9.58. The number of esters is 1. The number of carboxylic acids is 1. The summed E-state index contributed by atoms with van der Waals surface area (Å²) in [7, 11) is 0. The van der Waals surface area contributed by atoms with Gasteiger partial charge in [-0.15, -0.1) is 0 Å². The number of hydrogen-bond donors (Lipinski definition) is 1. The van der Waals surface area contributed by atoms with E-state index >= 15 is 0 Å². The van der Waals surface area contributed by atoms with E-state index in [-0.39, 0.29) is 30.6 Å². The van der Waals surface area contributed by atoms with Crippen molar-refractivity contribution in [1.82, 2.24) is 0 Å². The summed E-state index contributed by atoms with van der Waals surface area (Å²) in [5.41, 5.74) is -0.697. The highest BCUT2D eigenvalue weighted by Crippen LogP contribution is 2.60. The van der Waals surface area contributed by atoms with E-state index in [9.17, 15) is 9.59 Å². The van der Waals surface area contributed by atoms with Crippen LogP contribution in [0.3, 0.4) is 0 Å². The van der Waals surface area contributed by atoms with Crippen molar-refractivity contribution >= 4 is 11.9 Å². The Morgan fingerprint density at radius 2 is 1.89 bits per heavy atom. The van der Waals surface area contributed by atoms with Crippen LogP contribution in [0.25, 0.3) is 0 Å². The summed E-state index contributed by atoms with van der Waals surface area (Å²) >= 11 is 0. The van der Waals surface area contributed by atoms with E-state index in [0.29, 0.717) is 12.3 Å². The van der Waals surface area contributed by atoms with Crippen LogP contribution in [0, 0.1) is 23.7 Å². The minimum atomic E-state index is -1.03. The average molecular weight is 384 g/mol. The van der Waals surface area contributed by atoms with Crippen LogP contribution in [0.15, 0.2) is 0 Å². The van der Waals surface area contributed by atoms with Crippen LogP contribution < -0.4 is 0 Å². The van der Waals surface area contributed by atoms with Crippen LogP contribution in [0.1, 0.15) is 59.3 Å². The molecule has 8 atom stereocenters. The second kappa shape index (κ2) is 6.69. The normalized spacial score (nSPS) is 48.4. The molecule has 1 spiro atoms. The SMILES string of the molecule is C[C@@H]1[C@@H](OC(=O)CCC(=O)O)O[C@H]2O[C@@]3(C)CC[C@H]4[C@@H](C)CC[C@@H]1[C@@]24OO3. The number of aliphatic carboxylic acids is 1. The standard InChI is InChI=1S/C19H28O8/c1-10-4-5-13-11(2)16(23-15(22)7-6-14(20)21)24-17-19(13)12(10)8-9-18(3,25-17)26-27-19/h10-13,16-17H,4-9H2,1-3H3,(H,20,21)/t10-,11-,12-,13-,16-,17-,18+,19+/m0/s1. The van der Waals surface area contributed by atoms with Crippen LogP contribution in [0.2, 0.25) is 0 Å². The first kappa shape index (κ1) is 19.1. The maximum atomic E-state index is 12.1. The summed E-state index contributed by atoms with van der Waals surface area (Å²) in [5.74, 6) is -1.82. The Hall–Kier alpha value is -1.22. The Kier molecular flexibility index (Phi) is 4.73. The van der Waals surface area contributed by atoms with Crippen LogP contribution in [0.4, 0.5) is 0 Å². The van der Waals surface area contributed by atoms with Crippen molar-refractivity contribution in [3.63, 3.8) is 0 Å². The Morgan fingerprint density at radius 3 is 2.63 bits per heavy atom. The third kappa shape index (κ3) is 3.06. The molecule has 1 N–H and O–H groups in total. The van der Waals surface area contributed by atoms with Gasteiger partial charge < -0.3 is 19.3 Å². The molecule has 1 saturated carbocycles. The van der Waals surface area contributed by atoms with Gasteiger partial charge in [-0.05, 0) is 38.0 Å². The van der Waals surface area contributed by atoms with Gasteiger partial charge in [0, 0.05) is 18.3 Å². The zero-order valence-electron chi connectivity index (χ0n) is 16.0. The lowest BCUT2D eigenvalue weighted by Crippen LogP contribution is -2.70. The molecular weight excluding hydrogens is 356 g/mol. The smallest absolute Gasteiger partial charge is 0.308 e. The molecule has 0 amide bonds. The van der Waals surface area contributed by atoms with Crippen molar-refractivity contribution < 1.29 is 38.7 Å². The molecule has 1 aliphatic carbocycles. The van der Waals surface area contributed by atoms with E-state index < -0.39 is 35.9 Å². The van der Waals surface area contributed by atoms with Crippen molar-refractivity contribution in [1.29, 1.82) is 0 Å². The van der Waals surface area contributed by atoms with Gasteiger partial charge in [-0.25, -0.2) is 9.78 Å². The highest BCUT2D eigenvalue weighted by atomic mass is 17.3. The Bertz CT molecular complexity index is 623. The topological polar surface area (TPSA) is 101 Å². The Labute approximate surface area is 158 Å². The molecule has 5 fully saturated rings. The molecule has 4 aliphatic heterocycles. The number of rotatable bonds is 4. The summed E-state index contributed by atoms with van der Waals surface area (Å²) < 4.78 is 17.8. The summed E-state index contributed by atoms with van der Waals surface area (Å²) in [6, 6.07) is 0. The molecule has 27 heavy (non-hydrogen) atoms. The fraction of sp³-hybridized carbons (Fsp3) is 0.895. The van der Waals surface area contributed by atoms with Crippen molar-refractivity contribution in [3.05, 3.63) is 0 Å². The van der Waals surface area contributed by atoms with E-state index in [2.05, 4.69) is 6.92 Å². The van der Waals surface area contributed by atoms with E-state index in [1.54, 1.807) is 0 Å². The number of carbonyl (C=O) groups is 2. The van der Waals surface area contributed by atoms with Crippen LogP contribution in [-0.2, 0) is 33.6 Å². The lowest BCUT2D eigenvalue weighted by molar-refractivity contribution is -0.576. The molecular formula is C19H28O8. The van der Waals surface area contributed by atoms with Gasteiger partial charge in [0.2, 0.25) is 12.1 Å². The lowest BCUT2D eigenvalue weighted by Gasteiger charge is -2.59. The van der Waals surface area contributed by atoms with Gasteiger partial charge in [0.25, 0.3) is 0 Å². The second-order valence-electron chi connectivity index (χ2n) is 8.66. The highest BCUT2D eigenvalue weighted by Gasteiger charge is 2.69. The molecule has 4 saturated heterocycles. The predicted octanol–water partition coefficient (Wildman–Crippen LogP) is 2.60. The van der Waals surface area contributed by atoms with Gasteiger partial charge in [0.15, 0.2) is 11.9 Å². The molecule has 8 nitrogen and oxygen atoms in total. The molecule has 2 bridgehead atoms. The first-order valence-electron chi connectivity index (χ1n) is 9.86. The maximum absolute atomic E-state index is 12.1. The van der Waals surface area contributed by atoms with E-state index in [0.717, 1.165) is 19.3 Å². The van der Waals surface area contributed by atoms with Crippen molar-refractivity contribution in [2.24, 2.45) is 23.7 Å². The quantitative estimate of drug-likeness (QED) is 0.583. The molecule has 8 heteroatoms. The molecule has 0 aromatic carbocycles. The molecule has 152 valence electrons. The summed E-state index contributed by atoms with van der Waals surface area (Å²) in [6.45, 7) is 6.06. The van der Waals surface area contributed by atoms with E-state index in [1.807, 2.05) is 13.8 Å². The van der Waals surface area contributed by atoms with Gasteiger partial charge in [-0.2, -0.15) is 0 Å². The first-order chi connectivity index (χ1) is 12.7. The van der Waals surface area contributed by atoms with Gasteiger partial charge in [-0.1, -0.05) is 13.8 Å². The Morgan fingerprint density at radius 1 is 1.11 bits per heavy atom. The maximum Gasteiger partial charge on any atom is 0.308 e. The fourth-order valence-electron chi connectivity index (χ4n) is 5.40. The molecule has 0 aromatic heterocycles. The number of ether oxygens (including phenoxy) is 3. The number of carboxylic acid groups (broad SMARTS) is 1. The third-order valence-corrected chi connectivity index (χ3v) is 6.89. The van der Waals surface area contributed by atoms with E-state index in [4.69, 9.17) is 29.1 Å². The molecule has 4 heterocycles. The largest absolute Gasteiger partial charge is 0.481 e. The first-order valence-corrected chi connectivity index (χ1v) is 9.86. The minimum Gasteiger partial charge on any atom is -0.481 e. The summed E-state index contributed by atoms with van der Waals surface area (Å²) in [6.07, 6.45) is 1.72. The van der Waals surface area contributed by atoms with Gasteiger partial charge in [-0.3, -0.25) is 9.59 Å². The highest BCUT2D eigenvalue weighted by molar-refractivity contribution is 5.76. The molecule has 0 aromatic rings. The second-order valence-corrected chi connectivity index (χ2v) is 8.66. The predicted molar refractivity (Wildman–Crippen MR) is 89.8 cm³/mol. The van der Waals surface area contributed by atoms with Crippen LogP contribution in [0.5, 0.6) is 0 Å². The summed E-state index contributed by atoms with van der Waals surface area (Å²) in [5, 5.41) is 8.76. The Balaban J connectivity index is 1.58. The van der Waals surface area contributed by atoms with Crippen molar-refractivity contribution in [3.8, 4) is 0 Å². The number of fused-ring (bicyclic) bond motifs is 2. The number of carbonyl (C=O) groups excluding carboxylic acids is 1. The van der Waals surface area contributed by atoms with Gasteiger partial charge >= 0.3 is 11.9 Å². The van der Waals surface area contributed by atoms with Crippen LogP contribution >= 0.6 is 0 Å². The average Bonchev–Trinajstić information content (AvgIpc) is 2.84. The van der Waals surface area contributed by atoms with Gasteiger partial charge in [0.1, 0.15) is 0 Å². The van der Waals surface area contributed by atoms with Crippen LogP contribution in [-0.4, -0.2) is 41.0 Å². The molecule has 5 rings (SSSR count). The van der Waals surface area contributed by atoms with Gasteiger partial charge in [0.05, 0.1) is 12.8 Å². The van der Waals surface area contributed by atoms with Crippen molar-refractivity contribution in [2.75, 3.05) is 0 Å². The van der Waals surface area contributed by atoms with Crippen molar-refractivity contribution in [2.45, 2.75) is 83.3 Å². The third-order valence-electron chi connectivity index (χ3n) is 6.89. The van der Waals surface area contributed by atoms with E-state index in [1.165, 1.54) is 0 Å². The zero-order valence-corrected chi connectivity index (χ0v) is 16.0.